The van der Waals surface area contributed by atoms with Crippen molar-refractivity contribution in [3.05, 3.63) is 94.5 Å². The lowest BCUT2D eigenvalue weighted by Crippen LogP contribution is -2.50. The van der Waals surface area contributed by atoms with Gasteiger partial charge in [0.15, 0.2) is 0 Å². The number of rotatable bonds is 9. The molecule has 3 rings (SSSR count). The van der Waals surface area contributed by atoms with E-state index >= 15 is 0 Å². The van der Waals surface area contributed by atoms with Gasteiger partial charge >= 0.3 is 0 Å². The second-order valence-electron chi connectivity index (χ2n) is 8.51. The van der Waals surface area contributed by atoms with Crippen LogP contribution in [0.4, 0.5) is 5.69 Å². The molecule has 1 N–H and O–H groups in total. The maximum atomic E-state index is 13.8. The van der Waals surface area contributed by atoms with Crippen LogP contribution in [0.3, 0.4) is 0 Å². The van der Waals surface area contributed by atoms with Crippen LogP contribution in [-0.2, 0) is 26.2 Å². The first kappa shape index (κ1) is 27.2. The van der Waals surface area contributed by atoms with Crippen LogP contribution in [0, 0.1) is 13.8 Å². The number of para-hydroxylation sites is 1. The van der Waals surface area contributed by atoms with Crippen LogP contribution in [0.15, 0.2) is 77.7 Å². The topological polar surface area (TPSA) is 86.8 Å². The molecular formula is C27H30ClN3O4S. The summed E-state index contributed by atoms with van der Waals surface area (Å²) in [5.74, 6) is -0.913. The normalized spacial score (nSPS) is 12.0. The minimum absolute atomic E-state index is 0.0410. The predicted octanol–water partition coefficient (Wildman–Crippen LogP) is 4.32. The van der Waals surface area contributed by atoms with E-state index in [0.717, 1.165) is 9.87 Å². The number of benzene rings is 3. The van der Waals surface area contributed by atoms with Gasteiger partial charge in [0.2, 0.25) is 11.8 Å². The average molecular weight is 528 g/mol. The van der Waals surface area contributed by atoms with Crippen molar-refractivity contribution in [2.45, 2.75) is 38.3 Å². The zero-order valence-electron chi connectivity index (χ0n) is 20.7. The SMILES string of the molecule is CNC(=O)[C@H](C)N(Cc1ccccc1Cl)C(=O)CN(c1ccccc1C)S(=O)(=O)c1ccc(C)cc1. The molecule has 0 bridgehead atoms. The van der Waals surface area contributed by atoms with E-state index in [9.17, 15) is 18.0 Å². The zero-order chi connectivity index (χ0) is 26.5. The number of sulfonamides is 1. The molecular weight excluding hydrogens is 498 g/mol. The number of carbonyl (C=O) groups is 2. The molecule has 0 saturated carbocycles. The Labute approximate surface area is 217 Å². The van der Waals surface area contributed by atoms with Gasteiger partial charge in [0.1, 0.15) is 12.6 Å². The molecule has 0 aliphatic heterocycles. The van der Waals surface area contributed by atoms with E-state index in [1.165, 1.54) is 24.1 Å². The number of anilines is 1. The number of aryl methyl sites for hydroxylation is 2. The second-order valence-corrected chi connectivity index (χ2v) is 10.8. The van der Waals surface area contributed by atoms with Gasteiger partial charge in [-0.1, -0.05) is 65.7 Å². The Morgan fingerprint density at radius 2 is 1.56 bits per heavy atom. The molecule has 2 amide bonds. The molecule has 0 aromatic heterocycles. The molecule has 1 atom stereocenters. The summed E-state index contributed by atoms with van der Waals surface area (Å²) in [6.45, 7) is 4.80. The summed E-state index contributed by atoms with van der Waals surface area (Å²) in [7, 11) is -2.61. The van der Waals surface area contributed by atoms with Crippen LogP contribution >= 0.6 is 11.6 Å². The average Bonchev–Trinajstić information content (AvgIpc) is 2.86. The van der Waals surface area contributed by atoms with Gasteiger partial charge in [-0.2, -0.15) is 0 Å². The third kappa shape index (κ3) is 6.06. The molecule has 0 fully saturated rings. The monoisotopic (exact) mass is 527 g/mol. The summed E-state index contributed by atoms with van der Waals surface area (Å²) in [5.41, 5.74) is 2.64. The Morgan fingerprint density at radius 1 is 0.944 bits per heavy atom. The van der Waals surface area contributed by atoms with E-state index in [0.29, 0.717) is 21.8 Å². The first-order valence-corrected chi connectivity index (χ1v) is 13.3. The van der Waals surface area contributed by atoms with E-state index in [2.05, 4.69) is 5.32 Å². The van der Waals surface area contributed by atoms with Crippen molar-refractivity contribution in [3.8, 4) is 0 Å². The lowest BCUT2D eigenvalue weighted by molar-refractivity contribution is -0.139. The molecule has 0 aliphatic carbocycles. The van der Waals surface area contributed by atoms with Crippen LogP contribution in [0.1, 0.15) is 23.6 Å². The first-order valence-electron chi connectivity index (χ1n) is 11.5. The molecule has 9 heteroatoms. The predicted molar refractivity (Wildman–Crippen MR) is 142 cm³/mol. The highest BCUT2D eigenvalue weighted by Gasteiger charge is 2.33. The molecule has 190 valence electrons. The number of hydrogen-bond donors (Lipinski definition) is 1. The summed E-state index contributed by atoms with van der Waals surface area (Å²) in [4.78, 5) is 27.7. The Morgan fingerprint density at radius 3 is 2.17 bits per heavy atom. The maximum absolute atomic E-state index is 13.8. The van der Waals surface area contributed by atoms with Gasteiger partial charge in [-0.15, -0.1) is 0 Å². The number of nitrogens with zero attached hydrogens (tertiary/aromatic N) is 2. The van der Waals surface area contributed by atoms with E-state index in [1.54, 1.807) is 74.5 Å². The smallest absolute Gasteiger partial charge is 0.264 e. The summed E-state index contributed by atoms with van der Waals surface area (Å²) >= 11 is 6.33. The molecule has 0 spiro atoms. The van der Waals surface area contributed by atoms with Gasteiger partial charge in [-0.05, 0) is 56.2 Å². The van der Waals surface area contributed by atoms with Gasteiger partial charge in [-0.25, -0.2) is 8.42 Å². The number of halogens is 1. The molecule has 3 aromatic carbocycles. The molecule has 0 saturated heterocycles. The Bertz CT molecular complexity index is 1340. The minimum atomic E-state index is -4.10. The molecule has 0 unspecified atom stereocenters. The summed E-state index contributed by atoms with van der Waals surface area (Å²) in [6, 6.07) is 19.6. The van der Waals surface area contributed by atoms with Crippen LogP contribution in [-0.4, -0.2) is 44.8 Å². The van der Waals surface area contributed by atoms with Gasteiger partial charge in [0, 0.05) is 18.6 Å². The summed E-state index contributed by atoms with van der Waals surface area (Å²) in [5, 5.41) is 3.01. The van der Waals surface area contributed by atoms with Crippen molar-refractivity contribution >= 4 is 39.1 Å². The zero-order valence-corrected chi connectivity index (χ0v) is 22.3. The van der Waals surface area contributed by atoms with Crippen molar-refractivity contribution < 1.29 is 18.0 Å². The van der Waals surface area contributed by atoms with E-state index < -0.39 is 28.5 Å². The van der Waals surface area contributed by atoms with Crippen molar-refractivity contribution in [3.63, 3.8) is 0 Å². The summed E-state index contributed by atoms with van der Waals surface area (Å²) in [6.07, 6.45) is 0. The lowest BCUT2D eigenvalue weighted by atomic mass is 10.1. The van der Waals surface area contributed by atoms with Crippen molar-refractivity contribution in [2.24, 2.45) is 0 Å². The first-order chi connectivity index (χ1) is 17.1. The fourth-order valence-electron chi connectivity index (χ4n) is 3.80. The molecule has 0 radical (unpaired) electrons. The largest absolute Gasteiger partial charge is 0.357 e. The Balaban J connectivity index is 2.06. The number of hydrogen-bond acceptors (Lipinski definition) is 4. The second kappa shape index (κ2) is 11.6. The van der Waals surface area contributed by atoms with Crippen molar-refractivity contribution in [1.82, 2.24) is 10.2 Å². The van der Waals surface area contributed by atoms with Crippen molar-refractivity contribution in [2.75, 3.05) is 17.9 Å². The van der Waals surface area contributed by atoms with Gasteiger partial charge in [-0.3, -0.25) is 13.9 Å². The number of nitrogens with one attached hydrogen (secondary N) is 1. The Kier molecular flexibility index (Phi) is 8.76. The highest BCUT2D eigenvalue weighted by Crippen LogP contribution is 2.28. The standard InChI is InChI=1S/C27H30ClN3O4S/c1-19-13-15-23(16-14-19)36(34,35)31(25-12-8-5-9-20(25)2)18-26(32)30(21(3)27(33)29-4)17-22-10-6-7-11-24(22)28/h5-16,21H,17-18H2,1-4H3,(H,29,33)/t21-/m0/s1. The van der Waals surface area contributed by atoms with Crippen LogP contribution in [0.5, 0.6) is 0 Å². The van der Waals surface area contributed by atoms with E-state index in [1.807, 2.05) is 6.92 Å². The Hall–Kier alpha value is -3.36. The van der Waals surface area contributed by atoms with Crippen LogP contribution in [0.25, 0.3) is 0 Å². The fraction of sp³-hybridized carbons (Fsp3) is 0.259. The molecule has 7 nitrogen and oxygen atoms in total. The van der Waals surface area contributed by atoms with Crippen LogP contribution in [0.2, 0.25) is 5.02 Å². The molecule has 36 heavy (non-hydrogen) atoms. The molecule has 0 heterocycles. The third-order valence-corrected chi connectivity index (χ3v) is 8.13. The van der Waals surface area contributed by atoms with Gasteiger partial charge in [0.05, 0.1) is 10.6 Å². The van der Waals surface area contributed by atoms with Gasteiger partial charge in [0.25, 0.3) is 10.0 Å². The third-order valence-electron chi connectivity index (χ3n) is 5.98. The molecule has 3 aromatic rings. The minimum Gasteiger partial charge on any atom is -0.357 e. The molecule has 0 aliphatic rings. The highest BCUT2D eigenvalue weighted by atomic mass is 35.5. The summed E-state index contributed by atoms with van der Waals surface area (Å²) < 4.78 is 28.7. The maximum Gasteiger partial charge on any atom is 0.264 e. The number of carbonyl (C=O) groups excluding carboxylic acids is 2. The lowest BCUT2D eigenvalue weighted by Gasteiger charge is -2.32. The van der Waals surface area contributed by atoms with E-state index in [4.69, 9.17) is 11.6 Å². The van der Waals surface area contributed by atoms with E-state index in [-0.39, 0.29) is 17.3 Å². The van der Waals surface area contributed by atoms with Gasteiger partial charge < -0.3 is 10.2 Å². The quantitative estimate of drug-likeness (QED) is 0.449. The highest BCUT2D eigenvalue weighted by molar-refractivity contribution is 7.92. The fourth-order valence-corrected chi connectivity index (χ4v) is 5.47. The van der Waals surface area contributed by atoms with Crippen molar-refractivity contribution in [1.29, 1.82) is 0 Å². The number of amides is 2. The van der Waals surface area contributed by atoms with Crippen LogP contribution < -0.4 is 9.62 Å². The number of likely N-dealkylation sites (N-methyl/N-ethyl adjacent to an activating group) is 1.